The Labute approximate surface area is 198 Å². The monoisotopic (exact) mass is 452 g/mol. The molecule has 0 saturated carbocycles. The second kappa shape index (κ2) is 10.7. The number of thioether (sulfide) groups is 1. The van der Waals surface area contributed by atoms with Gasteiger partial charge >= 0.3 is 0 Å². The maximum atomic E-state index is 13.2. The van der Waals surface area contributed by atoms with Crippen molar-refractivity contribution in [1.29, 1.82) is 0 Å². The van der Waals surface area contributed by atoms with Crippen molar-refractivity contribution < 1.29 is 9.59 Å². The molecule has 0 aliphatic carbocycles. The summed E-state index contributed by atoms with van der Waals surface area (Å²) in [5, 5.41) is 2.91. The standard InChI is InChI=1S/C28H24N2O2S/c1-21-12-14-22(15-13-21)28(32)29-23-16-18-26(19-17-23)33-20-27(31)30(24-8-4-2-5-9-24)25-10-6-3-7-11-25/h2-19H,20H2,1H3,(H,29,32). The molecule has 4 aromatic carbocycles. The van der Waals surface area contributed by atoms with Crippen LogP contribution in [0, 0.1) is 6.92 Å². The molecule has 1 N–H and O–H groups in total. The predicted octanol–water partition coefficient (Wildman–Crippen LogP) is 6.70. The highest BCUT2D eigenvalue weighted by atomic mass is 32.2. The maximum absolute atomic E-state index is 13.2. The van der Waals surface area contributed by atoms with Crippen molar-refractivity contribution in [3.05, 3.63) is 120 Å². The summed E-state index contributed by atoms with van der Waals surface area (Å²) in [5.74, 6) is 0.139. The highest BCUT2D eigenvalue weighted by molar-refractivity contribution is 8.00. The van der Waals surface area contributed by atoms with E-state index in [0.717, 1.165) is 21.8 Å². The lowest BCUT2D eigenvalue weighted by Gasteiger charge is -2.23. The van der Waals surface area contributed by atoms with Crippen LogP contribution in [-0.4, -0.2) is 17.6 Å². The number of nitrogens with zero attached hydrogens (tertiary/aromatic N) is 1. The molecule has 4 nitrogen and oxygen atoms in total. The summed E-state index contributed by atoms with van der Waals surface area (Å²) in [5.41, 5.74) is 4.12. The molecule has 0 atom stereocenters. The first-order valence-corrected chi connectivity index (χ1v) is 11.6. The van der Waals surface area contributed by atoms with E-state index in [1.165, 1.54) is 11.8 Å². The van der Waals surface area contributed by atoms with Crippen LogP contribution in [0.15, 0.2) is 114 Å². The van der Waals surface area contributed by atoms with E-state index in [4.69, 9.17) is 0 Å². The normalized spacial score (nSPS) is 10.5. The highest BCUT2D eigenvalue weighted by Crippen LogP contribution is 2.28. The van der Waals surface area contributed by atoms with Gasteiger partial charge in [0.05, 0.1) is 5.75 Å². The number of benzene rings is 4. The van der Waals surface area contributed by atoms with E-state index in [9.17, 15) is 9.59 Å². The summed E-state index contributed by atoms with van der Waals surface area (Å²) in [6.07, 6.45) is 0. The Kier molecular flexibility index (Phi) is 7.22. The molecular weight excluding hydrogens is 428 g/mol. The second-order valence-electron chi connectivity index (χ2n) is 7.53. The van der Waals surface area contributed by atoms with Crippen LogP contribution in [0.3, 0.4) is 0 Å². The molecule has 0 fully saturated rings. The molecule has 0 aromatic heterocycles. The Balaban J connectivity index is 1.40. The van der Waals surface area contributed by atoms with Crippen molar-refractivity contribution in [3.63, 3.8) is 0 Å². The topological polar surface area (TPSA) is 49.4 Å². The molecule has 164 valence electrons. The van der Waals surface area contributed by atoms with Gasteiger partial charge < -0.3 is 5.32 Å². The summed E-state index contributed by atoms with van der Waals surface area (Å²) < 4.78 is 0. The molecule has 0 aliphatic heterocycles. The van der Waals surface area contributed by atoms with Crippen LogP contribution in [0.2, 0.25) is 0 Å². The van der Waals surface area contributed by atoms with Crippen LogP contribution in [0.4, 0.5) is 17.1 Å². The van der Waals surface area contributed by atoms with Gasteiger partial charge in [-0.3, -0.25) is 14.5 Å². The molecule has 0 bridgehead atoms. The van der Waals surface area contributed by atoms with Crippen molar-refractivity contribution in [3.8, 4) is 0 Å². The third-order valence-electron chi connectivity index (χ3n) is 5.07. The van der Waals surface area contributed by atoms with Crippen molar-refractivity contribution in [1.82, 2.24) is 0 Å². The third kappa shape index (κ3) is 5.90. The first-order valence-electron chi connectivity index (χ1n) is 10.6. The first-order chi connectivity index (χ1) is 16.1. The van der Waals surface area contributed by atoms with Crippen LogP contribution >= 0.6 is 11.8 Å². The molecule has 4 rings (SSSR count). The molecule has 0 radical (unpaired) electrons. The quantitative estimate of drug-likeness (QED) is 0.317. The van der Waals surface area contributed by atoms with E-state index in [-0.39, 0.29) is 11.8 Å². The van der Waals surface area contributed by atoms with Gasteiger partial charge in [0.15, 0.2) is 0 Å². The molecule has 0 unspecified atom stereocenters. The van der Waals surface area contributed by atoms with Crippen molar-refractivity contribution in [2.24, 2.45) is 0 Å². The van der Waals surface area contributed by atoms with Crippen molar-refractivity contribution >= 4 is 40.6 Å². The van der Waals surface area contributed by atoms with E-state index in [1.807, 2.05) is 116 Å². The number of aryl methyl sites for hydroxylation is 1. The van der Waals surface area contributed by atoms with Crippen LogP contribution in [0.1, 0.15) is 15.9 Å². The minimum atomic E-state index is -0.146. The van der Waals surface area contributed by atoms with Crippen LogP contribution in [0.5, 0.6) is 0 Å². The van der Waals surface area contributed by atoms with E-state index in [0.29, 0.717) is 17.0 Å². The SMILES string of the molecule is Cc1ccc(C(=O)Nc2ccc(SCC(=O)N(c3ccccc3)c3ccccc3)cc2)cc1. The number of carbonyl (C=O) groups is 2. The Morgan fingerprint density at radius 3 is 1.82 bits per heavy atom. The van der Waals surface area contributed by atoms with Gasteiger partial charge in [0.25, 0.3) is 5.91 Å². The number of amides is 2. The fourth-order valence-electron chi connectivity index (χ4n) is 3.34. The summed E-state index contributed by atoms with van der Waals surface area (Å²) in [7, 11) is 0. The summed E-state index contributed by atoms with van der Waals surface area (Å²) in [6.45, 7) is 1.99. The van der Waals surface area contributed by atoms with Gasteiger partial charge in [0.2, 0.25) is 5.91 Å². The molecule has 33 heavy (non-hydrogen) atoms. The predicted molar refractivity (Wildman–Crippen MR) is 136 cm³/mol. The molecule has 0 spiro atoms. The summed E-state index contributed by atoms with van der Waals surface area (Å²) in [4.78, 5) is 28.3. The van der Waals surface area contributed by atoms with Crippen molar-refractivity contribution in [2.45, 2.75) is 11.8 Å². The minimum Gasteiger partial charge on any atom is -0.322 e. The fraction of sp³-hybridized carbons (Fsp3) is 0.0714. The number of rotatable bonds is 7. The number of carbonyl (C=O) groups excluding carboxylic acids is 2. The summed E-state index contributed by atoms with van der Waals surface area (Å²) in [6, 6.07) is 34.3. The lowest BCUT2D eigenvalue weighted by molar-refractivity contribution is -0.115. The number of hydrogen-bond acceptors (Lipinski definition) is 3. The number of anilines is 3. The molecule has 0 heterocycles. The van der Waals surface area contributed by atoms with Crippen LogP contribution < -0.4 is 10.2 Å². The molecule has 5 heteroatoms. The minimum absolute atomic E-state index is 0.00542. The Bertz CT molecular complexity index is 1170. The van der Waals surface area contributed by atoms with Gasteiger partial charge in [-0.2, -0.15) is 0 Å². The number of nitrogens with one attached hydrogen (secondary N) is 1. The molecule has 2 amide bonds. The number of hydrogen-bond donors (Lipinski definition) is 1. The summed E-state index contributed by atoms with van der Waals surface area (Å²) >= 11 is 1.47. The largest absolute Gasteiger partial charge is 0.322 e. The third-order valence-corrected chi connectivity index (χ3v) is 6.06. The highest BCUT2D eigenvalue weighted by Gasteiger charge is 2.18. The zero-order valence-corrected chi connectivity index (χ0v) is 19.1. The smallest absolute Gasteiger partial charge is 0.255 e. The van der Waals surface area contributed by atoms with Gasteiger partial charge in [-0.1, -0.05) is 54.1 Å². The van der Waals surface area contributed by atoms with Crippen LogP contribution in [0.25, 0.3) is 0 Å². The lowest BCUT2D eigenvalue weighted by atomic mass is 10.1. The molecular formula is C28H24N2O2S. The lowest BCUT2D eigenvalue weighted by Crippen LogP contribution is -2.27. The Morgan fingerprint density at radius 1 is 0.727 bits per heavy atom. The van der Waals surface area contributed by atoms with Gasteiger partial charge in [0, 0.05) is 27.5 Å². The van der Waals surface area contributed by atoms with E-state index in [1.54, 1.807) is 4.90 Å². The van der Waals surface area contributed by atoms with E-state index in [2.05, 4.69) is 5.32 Å². The van der Waals surface area contributed by atoms with E-state index < -0.39 is 0 Å². The average molecular weight is 453 g/mol. The van der Waals surface area contributed by atoms with Crippen LogP contribution in [-0.2, 0) is 4.79 Å². The maximum Gasteiger partial charge on any atom is 0.255 e. The van der Waals surface area contributed by atoms with Gasteiger partial charge in [-0.15, -0.1) is 11.8 Å². The van der Waals surface area contributed by atoms with Gasteiger partial charge in [0.1, 0.15) is 0 Å². The fourth-order valence-corrected chi connectivity index (χ4v) is 4.09. The Morgan fingerprint density at radius 2 is 1.27 bits per heavy atom. The number of para-hydroxylation sites is 2. The molecule has 0 aliphatic rings. The zero-order chi connectivity index (χ0) is 23.0. The zero-order valence-electron chi connectivity index (χ0n) is 18.3. The van der Waals surface area contributed by atoms with Gasteiger partial charge in [-0.05, 0) is 67.6 Å². The molecule has 4 aromatic rings. The Hall–Kier alpha value is -3.83. The van der Waals surface area contributed by atoms with Gasteiger partial charge in [-0.25, -0.2) is 0 Å². The van der Waals surface area contributed by atoms with E-state index >= 15 is 0 Å². The second-order valence-corrected chi connectivity index (χ2v) is 8.58. The molecule has 0 saturated heterocycles. The first kappa shape index (κ1) is 22.4. The average Bonchev–Trinajstić information content (AvgIpc) is 2.85. The van der Waals surface area contributed by atoms with Crippen molar-refractivity contribution in [2.75, 3.05) is 16.0 Å².